The fourth-order valence-corrected chi connectivity index (χ4v) is 3.86. The van der Waals surface area contributed by atoms with Gasteiger partial charge in [-0.25, -0.2) is 0 Å². The van der Waals surface area contributed by atoms with E-state index in [0.29, 0.717) is 11.4 Å². The molecule has 0 spiro atoms. The molecule has 1 aromatic heterocycles. The van der Waals surface area contributed by atoms with Crippen LogP contribution in [0.15, 0.2) is 24.3 Å². The molecule has 0 saturated heterocycles. The first kappa shape index (κ1) is 22.7. The summed E-state index contributed by atoms with van der Waals surface area (Å²) in [4.78, 5) is 0. The number of hydrogen-bond donors (Lipinski definition) is 1. The van der Waals surface area contributed by atoms with Crippen molar-refractivity contribution in [2.24, 2.45) is 0 Å². The molecule has 5 heteroatoms. The molecule has 2 aromatic rings. The van der Waals surface area contributed by atoms with E-state index in [2.05, 4.69) is 17.1 Å². The van der Waals surface area contributed by atoms with Crippen LogP contribution in [0.4, 0.5) is 0 Å². The number of ether oxygens (including phenoxy) is 1. The average Bonchev–Trinajstić information content (AvgIpc) is 3.07. The van der Waals surface area contributed by atoms with Gasteiger partial charge < -0.3 is 4.74 Å². The molecule has 0 fully saturated rings. The van der Waals surface area contributed by atoms with Crippen molar-refractivity contribution in [2.75, 3.05) is 6.61 Å². The van der Waals surface area contributed by atoms with Crippen molar-refractivity contribution in [1.29, 1.82) is 0 Å². The number of unbranched alkanes of at least 4 members (excludes halogenated alkanes) is 10. The molecule has 0 saturated carbocycles. The van der Waals surface area contributed by atoms with Crippen molar-refractivity contribution in [3.05, 3.63) is 34.9 Å². The number of rotatable bonds is 15. The molecule has 2 rings (SSSR count). The molecule has 4 nitrogen and oxygen atoms in total. The van der Waals surface area contributed by atoms with Gasteiger partial charge >= 0.3 is 0 Å². The van der Waals surface area contributed by atoms with E-state index < -0.39 is 0 Å². The highest BCUT2D eigenvalue weighted by molar-refractivity contribution is 7.71. The zero-order chi connectivity index (χ0) is 20.0. The minimum Gasteiger partial charge on any atom is -0.492 e. The van der Waals surface area contributed by atoms with Crippen molar-refractivity contribution in [3.8, 4) is 11.4 Å². The molecular formula is C23H37N3OS. The largest absolute Gasteiger partial charge is 0.492 e. The molecule has 1 N–H and O–H groups in total. The quantitative estimate of drug-likeness (QED) is 0.253. The Kier molecular flexibility index (Phi) is 11.0. The second-order valence-electron chi connectivity index (χ2n) is 7.47. The number of para-hydroxylation sites is 2. The van der Waals surface area contributed by atoms with Crippen molar-refractivity contribution in [1.82, 2.24) is 14.8 Å². The summed E-state index contributed by atoms with van der Waals surface area (Å²) in [5, 5.41) is 7.42. The number of nitrogens with one attached hydrogen (secondary N) is 1. The smallest absolute Gasteiger partial charge is 0.199 e. The Morgan fingerprint density at radius 1 is 0.893 bits per heavy atom. The third-order valence-corrected chi connectivity index (χ3v) is 5.43. The molecule has 0 aliphatic carbocycles. The fraction of sp³-hybridized carbons (Fsp3) is 0.652. The van der Waals surface area contributed by atoms with Crippen molar-refractivity contribution in [2.45, 2.75) is 90.9 Å². The molecule has 1 heterocycles. The van der Waals surface area contributed by atoms with Gasteiger partial charge in [-0.15, -0.1) is 0 Å². The highest BCUT2D eigenvalue weighted by Crippen LogP contribution is 2.24. The van der Waals surface area contributed by atoms with Crippen molar-refractivity contribution in [3.63, 3.8) is 0 Å². The van der Waals surface area contributed by atoms with Gasteiger partial charge in [-0.3, -0.25) is 9.67 Å². The lowest BCUT2D eigenvalue weighted by molar-refractivity contribution is 0.338. The van der Waals surface area contributed by atoms with E-state index in [0.717, 1.165) is 30.1 Å². The lowest BCUT2D eigenvalue weighted by Crippen LogP contribution is -2.05. The van der Waals surface area contributed by atoms with E-state index in [4.69, 9.17) is 17.0 Å². The summed E-state index contributed by atoms with van der Waals surface area (Å²) in [6, 6.07) is 8.03. The van der Waals surface area contributed by atoms with Crippen LogP contribution in [0.5, 0.6) is 5.75 Å². The lowest BCUT2D eigenvalue weighted by atomic mass is 10.1. The number of aromatic nitrogens is 3. The second-order valence-corrected chi connectivity index (χ2v) is 7.85. The molecule has 28 heavy (non-hydrogen) atoms. The van der Waals surface area contributed by atoms with Crippen LogP contribution in [0.2, 0.25) is 0 Å². The van der Waals surface area contributed by atoms with E-state index in [1.807, 2.05) is 35.8 Å². The summed E-state index contributed by atoms with van der Waals surface area (Å²) in [5.41, 5.74) is 0.973. The van der Waals surface area contributed by atoms with Crippen LogP contribution in [0, 0.1) is 4.77 Å². The van der Waals surface area contributed by atoms with Gasteiger partial charge in [0.25, 0.3) is 0 Å². The molecule has 0 aliphatic rings. The first-order valence-electron chi connectivity index (χ1n) is 11.2. The summed E-state index contributed by atoms with van der Waals surface area (Å²) in [7, 11) is 0. The maximum absolute atomic E-state index is 5.77. The topological polar surface area (TPSA) is 42.8 Å². The molecule has 0 radical (unpaired) electrons. The Labute approximate surface area is 175 Å². The summed E-state index contributed by atoms with van der Waals surface area (Å²) in [6.45, 7) is 4.91. The van der Waals surface area contributed by atoms with Crippen molar-refractivity contribution >= 4 is 12.2 Å². The molecule has 0 bridgehead atoms. The Balaban J connectivity index is 1.74. The van der Waals surface area contributed by atoms with Gasteiger partial charge in [-0.1, -0.05) is 83.3 Å². The minimum atomic E-state index is 0.630. The van der Waals surface area contributed by atoms with Gasteiger partial charge in [0.2, 0.25) is 0 Å². The zero-order valence-corrected chi connectivity index (χ0v) is 18.5. The number of hydrogen-bond acceptors (Lipinski definition) is 3. The first-order valence-corrected chi connectivity index (χ1v) is 11.6. The number of nitrogens with zero attached hydrogens (tertiary/aromatic N) is 2. The number of aromatic amines is 1. The predicted octanol–water partition coefficient (Wildman–Crippen LogP) is 7.18. The van der Waals surface area contributed by atoms with Crippen LogP contribution in [-0.2, 0) is 6.42 Å². The third-order valence-electron chi connectivity index (χ3n) is 5.15. The van der Waals surface area contributed by atoms with E-state index in [-0.39, 0.29) is 0 Å². The monoisotopic (exact) mass is 403 g/mol. The van der Waals surface area contributed by atoms with Crippen LogP contribution in [0.1, 0.15) is 90.3 Å². The summed E-state index contributed by atoms with van der Waals surface area (Å²) < 4.78 is 8.43. The zero-order valence-electron chi connectivity index (χ0n) is 17.7. The predicted molar refractivity (Wildman–Crippen MR) is 120 cm³/mol. The highest BCUT2D eigenvalue weighted by Gasteiger charge is 2.12. The third kappa shape index (κ3) is 7.42. The molecular weight excluding hydrogens is 366 g/mol. The molecule has 1 aromatic carbocycles. The minimum absolute atomic E-state index is 0.630. The van der Waals surface area contributed by atoms with Crippen LogP contribution < -0.4 is 4.74 Å². The first-order chi connectivity index (χ1) is 13.8. The highest BCUT2D eigenvalue weighted by atomic mass is 32.1. The van der Waals surface area contributed by atoms with E-state index >= 15 is 0 Å². The number of benzene rings is 1. The Morgan fingerprint density at radius 2 is 1.50 bits per heavy atom. The maximum Gasteiger partial charge on any atom is 0.199 e. The van der Waals surface area contributed by atoms with Gasteiger partial charge in [0.15, 0.2) is 4.77 Å². The standard InChI is InChI=1S/C23H37N3OS/c1-3-5-6-7-8-9-10-11-12-13-14-19-22-24-25-23(28)26(22)20-17-15-16-18-21(20)27-4-2/h15-18H,3-14,19H2,1-2H3,(H,25,28). The molecule has 156 valence electrons. The van der Waals surface area contributed by atoms with Crippen LogP contribution in [0.3, 0.4) is 0 Å². The fourth-order valence-electron chi connectivity index (χ4n) is 3.61. The summed E-state index contributed by atoms with van der Waals surface area (Å²) in [5.74, 6) is 1.84. The maximum atomic E-state index is 5.77. The summed E-state index contributed by atoms with van der Waals surface area (Å²) >= 11 is 5.48. The van der Waals surface area contributed by atoms with E-state index in [1.54, 1.807) is 0 Å². The SMILES string of the molecule is CCCCCCCCCCCCCc1n[nH]c(=S)n1-c1ccccc1OCC. The van der Waals surface area contributed by atoms with Gasteiger partial charge in [-0.2, -0.15) is 5.10 Å². The molecule has 0 amide bonds. The van der Waals surface area contributed by atoms with Crippen molar-refractivity contribution < 1.29 is 4.74 Å². The van der Waals surface area contributed by atoms with Gasteiger partial charge in [0, 0.05) is 6.42 Å². The van der Waals surface area contributed by atoms with Crippen LogP contribution in [-0.4, -0.2) is 21.4 Å². The van der Waals surface area contributed by atoms with E-state index in [1.165, 1.54) is 64.2 Å². The Morgan fingerprint density at radius 3 is 2.14 bits per heavy atom. The molecule has 0 aliphatic heterocycles. The Bertz CT molecular complexity index is 723. The second kappa shape index (κ2) is 13.5. The lowest BCUT2D eigenvalue weighted by Gasteiger charge is -2.12. The van der Waals surface area contributed by atoms with Gasteiger partial charge in [0.1, 0.15) is 11.6 Å². The normalized spacial score (nSPS) is 11.1. The van der Waals surface area contributed by atoms with E-state index in [9.17, 15) is 0 Å². The van der Waals surface area contributed by atoms with Gasteiger partial charge in [0.05, 0.1) is 12.3 Å². The number of aryl methyl sites for hydroxylation is 1. The van der Waals surface area contributed by atoms with Crippen LogP contribution >= 0.6 is 12.2 Å². The average molecular weight is 404 g/mol. The number of H-pyrrole nitrogens is 1. The van der Waals surface area contributed by atoms with Crippen LogP contribution in [0.25, 0.3) is 5.69 Å². The molecule has 0 unspecified atom stereocenters. The Hall–Kier alpha value is -1.62. The summed E-state index contributed by atoms with van der Waals surface area (Å²) in [6.07, 6.45) is 15.8. The van der Waals surface area contributed by atoms with Gasteiger partial charge in [-0.05, 0) is 37.7 Å². The molecule has 0 atom stereocenters.